The van der Waals surface area contributed by atoms with E-state index in [-0.39, 0.29) is 5.54 Å². The van der Waals surface area contributed by atoms with Gasteiger partial charge in [0.05, 0.1) is 4.90 Å². The molecular weight excluding hydrogens is 248 g/mol. The molecule has 5 heteroatoms. The highest BCUT2D eigenvalue weighted by atomic mass is 32.2. The molecule has 0 saturated heterocycles. The van der Waals surface area contributed by atoms with E-state index in [1.807, 2.05) is 27.0 Å². The first-order chi connectivity index (χ1) is 8.38. The highest BCUT2D eigenvalue weighted by Crippen LogP contribution is 2.36. The van der Waals surface area contributed by atoms with Crippen LogP contribution in [0.15, 0.2) is 23.1 Å². The summed E-state index contributed by atoms with van der Waals surface area (Å²) >= 11 is 0. The van der Waals surface area contributed by atoms with E-state index in [4.69, 9.17) is 0 Å². The normalized spacial score (nSPS) is 17.7. The Hall–Kier alpha value is -0.910. The molecule has 0 atom stereocenters. The lowest BCUT2D eigenvalue weighted by atomic mass is 10.1. The van der Waals surface area contributed by atoms with Gasteiger partial charge in [-0.05, 0) is 50.9 Å². The lowest BCUT2D eigenvalue weighted by molar-refractivity contribution is 0.557. The summed E-state index contributed by atoms with van der Waals surface area (Å²) < 4.78 is 27.5. The van der Waals surface area contributed by atoms with Crippen molar-refractivity contribution < 1.29 is 8.42 Å². The average molecular weight is 268 g/mol. The Morgan fingerprint density at radius 3 is 2.56 bits per heavy atom. The van der Waals surface area contributed by atoms with Gasteiger partial charge in [0.25, 0.3) is 0 Å². The third-order valence-electron chi connectivity index (χ3n) is 3.43. The smallest absolute Gasteiger partial charge is 0.241 e. The van der Waals surface area contributed by atoms with Crippen molar-refractivity contribution in [2.45, 2.75) is 43.7 Å². The minimum atomic E-state index is -3.40. The molecule has 0 amide bonds. The third kappa shape index (κ3) is 2.74. The standard InChI is InChI=1S/C13H20N2O2S/c1-10-11(9-14-3)5-4-6-12(10)18(16,17)15-13(2)7-8-13/h4-6,14-15H,7-9H2,1-3H3. The van der Waals surface area contributed by atoms with Crippen molar-refractivity contribution in [1.29, 1.82) is 0 Å². The molecule has 0 heterocycles. The Bertz CT molecular complexity index is 548. The Balaban J connectivity index is 2.35. The molecule has 1 aliphatic rings. The van der Waals surface area contributed by atoms with Crippen LogP contribution in [0.3, 0.4) is 0 Å². The lowest BCUT2D eigenvalue weighted by Crippen LogP contribution is -2.34. The van der Waals surface area contributed by atoms with E-state index < -0.39 is 10.0 Å². The molecule has 1 aromatic carbocycles. The summed E-state index contributed by atoms with van der Waals surface area (Å²) in [5.41, 5.74) is 1.61. The lowest BCUT2D eigenvalue weighted by Gasteiger charge is -2.15. The molecule has 100 valence electrons. The molecule has 0 radical (unpaired) electrons. The molecule has 0 bridgehead atoms. The maximum Gasteiger partial charge on any atom is 0.241 e. The first-order valence-corrected chi connectivity index (χ1v) is 7.63. The second-order valence-electron chi connectivity index (χ2n) is 5.24. The van der Waals surface area contributed by atoms with E-state index in [0.717, 1.165) is 24.0 Å². The summed E-state index contributed by atoms with van der Waals surface area (Å²) in [5, 5.41) is 3.05. The fourth-order valence-electron chi connectivity index (χ4n) is 2.00. The minimum absolute atomic E-state index is 0.232. The van der Waals surface area contributed by atoms with Crippen LogP contribution in [-0.4, -0.2) is 21.0 Å². The molecule has 0 spiro atoms. The number of hydrogen-bond acceptors (Lipinski definition) is 3. The zero-order valence-electron chi connectivity index (χ0n) is 11.1. The van der Waals surface area contributed by atoms with Gasteiger partial charge >= 0.3 is 0 Å². The Kier molecular flexibility index (Phi) is 3.49. The van der Waals surface area contributed by atoms with Crippen molar-refractivity contribution in [2.75, 3.05) is 7.05 Å². The summed E-state index contributed by atoms with van der Waals surface area (Å²) in [5.74, 6) is 0. The molecule has 1 aromatic rings. The van der Waals surface area contributed by atoms with Crippen molar-refractivity contribution >= 4 is 10.0 Å². The average Bonchev–Trinajstić information content (AvgIpc) is 2.98. The van der Waals surface area contributed by atoms with Crippen LogP contribution in [0.1, 0.15) is 30.9 Å². The van der Waals surface area contributed by atoms with Crippen LogP contribution < -0.4 is 10.0 Å². The van der Waals surface area contributed by atoms with E-state index >= 15 is 0 Å². The highest BCUT2D eigenvalue weighted by molar-refractivity contribution is 7.89. The summed E-state index contributed by atoms with van der Waals surface area (Å²) in [6.07, 6.45) is 1.84. The van der Waals surface area contributed by atoms with E-state index in [1.54, 1.807) is 12.1 Å². The molecule has 1 aliphatic carbocycles. The van der Waals surface area contributed by atoms with Crippen molar-refractivity contribution in [3.05, 3.63) is 29.3 Å². The Morgan fingerprint density at radius 2 is 2.00 bits per heavy atom. The van der Waals surface area contributed by atoms with Gasteiger partial charge in [0, 0.05) is 12.1 Å². The number of nitrogens with one attached hydrogen (secondary N) is 2. The molecule has 0 aliphatic heterocycles. The maximum absolute atomic E-state index is 12.3. The van der Waals surface area contributed by atoms with Crippen LogP contribution >= 0.6 is 0 Å². The Morgan fingerprint density at radius 1 is 1.33 bits per heavy atom. The van der Waals surface area contributed by atoms with Gasteiger partial charge in [-0.25, -0.2) is 13.1 Å². The molecule has 0 unspecified atom stereocenters. The van der Waals surface area contributed by atoms with Crippen LogP contribution in [0.25, 0.3) is 0 Å². The monoisotopic (exact) mass is 268 g/mol. The second-order valence-corrected chi connectivity index (χ2v) is 6.89. The van der Waals surface area contributed by atoms with Gasteiger partial charge < -0.3 is 5.32 Å². The minimum Gasteiger partial charge on any atom is -0.316 e. The third-order valence-corrected chi connectivity index (χ3v) is 5.22. The molecule has 18 heavy (non-hydrogen) atoms. The zero-order valence-corrected chi connectivity index (χ0v) is 11.9. The van der Waals surface area contributed by atoms with E-state index in [1.165, 1.54) is 0 Å². The summed E-state index contributed by atoms with van der Waals surface area (Å²) in [6.45, 7) is 4.47. The van der Waals surface area contributed by atoms with Gasteiger partial charge in [-0.1, -0.05) is 12.1 Å². The summed E-state index contributed by atoms with van der Waals surface area (Å²) in [6, 6.07) is 5.41. The van der Waals surface area contributed by atoms with Crippen LogP contribution in [0.4, 0.5) is 0 Å². The van der Waals surface area contributed by atoms with Crippen LogP contribution in [0.2, 0.25) is 0 Å². The quantitative estimate of drug-likeness (QED) is 0.852. The van der Waals surface area contributed by atoms with E-state index in [2.05, 4.69) is 10.0 Å². The molecule has 0 aromatic heterocycles. The molecule has 4 nitrogen and oxygen atoms in total. The summed E-state index contributed by atoms with van der Waals surface area (Å²) in [7, 11) is -1.55. The van der Waals surface area contributed by atoms with E-state index in [0.29, 0.717) is 11.4 Å². The van der Waals surface area contributed by atoms with Gasteiger partial charge in [-0.15, -0.1) is 0 Å². The predicted octanol–water partition coefficient (Wildman–Crippen LogP) is 1.55. The predicted molar refractivity (Wildman–Crippen MR) is 71.9 cm³/mol. The van der Waals surface area contributed by atoms with Gasteiger partial charge in [0.1, 0.15) is 0 Å². The first kappa shape index (κ1) is 13.5. The largest absolute Gasteiger partial charge is 0.316 e. The first-order valence-electron chi connectivity index (χ1n) is 6.15. The van der Waals surface area contributed by atoms with Crippen LogP contribution in [0.5, 0.6) is 0 Å². The van der Waals surface area contributed by atoms with Crippen molar-refractivity contribution in [2.24, 2.45) is 0 Å². The van der Waals surface area contributed by atoms with Crippen molar-refractivity contribution in [1.82, 2.24) is 10.0 Å². The van der Waals surface area contributed by atoms with Crippen molar-refractivity contribution in [3.8, 4) is 0 Å². The van der Waals surface area contributed by atoms with E-state index in [9.17, 15) is 8.42 Å². The maximum atomic E-state index is 12.3. The fraction of sp³-hybridized carbons (Fsp3) is 0.538. The molecule has 2 rings (SSSR count). The zero-order chi connectivity index (χ0) is 13.4. The van der Waals surface area contributed by atoms with Gasteiger partial charge in [0.2, 0.25) is 10.0 Å². The number of hydrogen-bond donors (Lipinski definition) is 2. The number of rotatable bonds is 5. The number of sulfonamides is 1. The summed E-state index contributed by atoms with van der Waals surface area (Å²) in [4.78, 5) is 0.392. The molecular formula is C13H20N2O2S. The van der Waals surface area contributed by atoms with Crippen LogP contribution in [-0.2, 0) is 16.6 Å². The van der Waals surface area contributed by atoms with Gasteiger partial charge in [0.15, 0.2) is 0 Å². The Labute approximate surface area is 109 Å². The molecule has 1 fully saturated rings. The molecule has 1 saturated carbocycles. The van der Waals surface area contributed by atoms with Gasteiger partial charge in [-0.2, -0.15) is 0 Å². The van der Waals surface area contributed by atoms with Gasteiger partial charge in [-0.3, -0.25) is 0 Å². The topological polar surface area (TPSA) is 58.2 Å². The second kappa shape index (κ2) is 4.64. The van der Waals surface area contributed by atoms with Crippen LogP contribution in [0, 0.1) is 6.92 Å². The molecule has 2 N–H and O–H groups in total. The SMILES string of the molecule is CNCc1cccc(S(=O)(=O)NC2(C)CC2)c1C. The fourth-order valence-corrected chi connectivity index (χ4v) is 3.76. The number of benzene rings is 1. The van der Waals surface area contributed by atoms with Crippen molar-refractivity contribution in [3.63, 3.8) is 0 Å². The highest BCUT2D eigenvalue weighted by Gasteiger charge is 2.41.